The van der Waals surface area contributed by atoms with Crippen LogP contribution >= 0.6 is 0 Å². The summed E-state index contributed by atoms with van der Waals surface area (Å²) < 4.78 is 1.72. The zero-order valence-corrected chi connectivity index (χ0v) is 13.4. The van der Waals surface area contributed by atoms with Crippen molar-refractivity contribution in [2.45, 2.75) is 31.8 Å². The van der Waals surface area contributed by atoms with Crippen LogP contribution in [0.15, 0.2) is 30.7 Å². The number of aliphatic hydroxyl groups excluding tert-OH is 1. The van der Waals surface area contributed by atoms with E-state index in [1.54, 1.807) is 10.9 Å². The van der Waals surface area contributed by atoms with Gasteiger partial charge in [0.25, 0.3) is 0 Å². The maximum absolute atomic E-state index is 10.3. The van der Waals surface area contributed by atoms with Crippen LogP contribution in [0.3, 0.4) is 0 Å². The van der Waals surface area contributed by atoms with Crippen LogP contribution in [0.25, 0.3) is 11.0 Å². The number of aromatic nitrogens is 4. The van der Waals surface area contributed by atoms with E-state index in [4.69, 9.17) is 0 Å². The van der Waals surface area contributed by atoms with E-state index >= 15 is 0 Å². The van der Waals surface area contributed by atoms with Gasteiger partial charge in [-0.3, -0.25) is 4.68 Å². The Bertz CT molecular complexity index is 899. The van der Waals surface area contributed by atoms with E-state index in [0.29, 0.717) is 0 Å². The van der Waals surface area contributed by atoms with Crippen LogP contribution < -0.4 is 5.32 Å². The number of fused-ring (bicyclic) bond motifs is 2. The summed E-state index contributed by atoms with van der Waals surface area (Å²) >= 11 is 0. The van der Waals surface area contributed by atoms with Crippen molar-refractivity contribution in [3.63, 3.8) is 0 Å². The number of hydrogen-bond donors (Lipinski definition) is 2. The molecule has 1 aliphatic carbocycles. The minimum absolute atomic E-state index is 0.0127. The normalized spacial score (nSPS) is 19.0. The Balaban J connectivity index is 1.74. The second-order valence-electron chi connectivity index (χ2n) is 6.76. The van der Waals surface area contributed by atoms with Crippen LogP contribution in [0.4, 0.5) is 11.5 Å². The van der Waals surface area contributed by atoms with Gasteiger partial charge in [0.05, 0.1) is 17.7 Å². The van der Waals surface area contributed by atoms with E-state index in [1.165, 1.54) is 11.9 Å². The van der Waals surface area contributed by atoms with Crippen molar-refractivity contribution >= 4 is 22.5 Å². The number of aryl methyl sites for hydroxylation is 1. The molecule has 0 amide bonds. The fraction of sp³-hybridized carbons (Fsp3) is 0.353. The Morgan fingerprint density at radius 3 is 2.96 bits per heavy atom. The fourth-order valence-corrected chi connectivity index (χ4v) is 3.43. The summed E-state index contributed by atoms with van der Waals surface area (Å²) in [7, 11) is 1.85. The molecule has 1 aliphatic rings. The lowest BCUT2D eigenvalue weighted by atomic mass is 9.86. The number of benzene rings is 1. The first-order valence-corrected chi connectivity index (χ1v) is 7.68. The maximum Gasteiger partial charge on any atom is 0.163 e. The van der Waals surface area contributed by atoms with Crippen molar-refractivity contribution in [2.24, 2.45) is 7.05 Å². The van der Waals surface area contributed by atoms with Gasteiger partial charge < -0.3 is 10.4 Å². The molecule has 2 N–H and O–H groups in total. The molecule has 23 heavy (non-hydrogen) atoms. The summed E-state index contributed by atoms with van der Waals surface area (Å²) in [6, 6.07) is 6.14. The molecule has 0 saturated heterocycles. The van der Waals surface area contributed by atoms with Gasteiger partial charge in [0.2, 0.25) is 0 Å². The summed E-state index contributed by atoms with van der Waals surface area (Å²) in [5.74, 6) is 0.717. The summed E-state index contributed by atoms with van der Waals surface area (Å²) in [6.45, 7) is 4.33. The van der Waals surface area contributed by atoms with Gasteiger partial charge in [-0.05, 0) is 35.1 Å². The van der Waals surface area contributed by atoms with Gasteiger partial charge >= 0.3 is 0 Å². The van der Waals surface area contributed by atoms with Crippen LogP contribution in [-0.2, 0) is 12.5 Å². The zero-order valence-electron chi connectivity index (χ0n) is 13.4. The fourth-order valence-electron chi connectivity index (χ4n) is 3.43. The first-order chi connectivity index (χ1) is 11.0. The highest BCUT2D eigenvalue weighted by molar-refractivity contribution is 5.88. The minimum atomic E-state index is -0.412. The van der Waals surface area contributed by atoms with E-state index in [0.717, 1.165) is 34.5 Å². The third-order valence-corrected chi connectivity index (χ3v) is 4.64. The van der Waals surface area contributed by atoms with Crippen molar-refractivity contribution < 1.29 is 5.11 Å². The second-order valence-corrected chi connectivity index (χ2v) is 6.76. The van der Waals surface area contributed by atoms with Crippen LogP contribution in [0, 0.1) is 0 Å². The molecule has 0 fully saturated rings. The van der Waals surface area contributed by atoms with Crippen molar-refractivity contribution in [3.8, 4) is 0 Å². The molecule has 4 rings (SSSR count). The number of hydrogen-bond acceptors (Lipinski definition) is 5. The van der Waals surface area contributed by atoms with E-state index in [1.807, 2.05) is 19.2 Å². The van der Waals surface area contributed by atoms with E-state index in [2.05, 4.69) is 40.3 Å². The summed E-state index contributed by atoms with van der Waals surface area (Å²) in [6.07, 6.45) is 3.62. The van der Waals surface area contributed by atoms with Crippen LogP contribution in [-0.4, -0.2) is 24.9 Å². The largest absolute Gasteiger partial charge is 0.388 e. The molecule has 0 aliphatic heterocycles. The molecule has 0 radical (unpaired) electrons. The van der Waals surface area contributed by atoms with Gasteiger partial charge in [-0.2, -0.15) is 5.10 Å². The van der Waals surface area contributed by atoms with Crippen LogP contribution in [0.1, 0.15) is 37.5 Å². The van der Waals surface area contributed by atoms with Gasteiger partial charge in [-0.1, -0.05) is 19.9 Å². The first-order valence-electron chi connectivity index (χ1n) is 7.68. The maximum atomic E-state index is 10.3. The van der Waals surface area contributed by atoms with Gasteiger partial charge in [-0.25, -0.2) is 9.97 Å². The minimum Gasteiger partial charge on any atom is -0.388 e. The first kappa shape index (κ1) is 14.1. The summed E-state index contributed by atoms with van der Waals surface area (Å²) in [5.41, 5.74) is 3.91. The van der Waals surface area contributed by atoms with Gasteiger partial charge in [-0.15, -0.1) is 0 Å². The number of nitrogens with one attached hydrogen (secondary N) is 1. The Labute approximate surface area is 134 Å². The third-order valence-electron chi connectivity index (χ3n) is 4.64. The average molecular weight is 309 g/mol. The summed E-state index contributed by atoms with van der Waals surface area (Å²) in [4.78, 5) is 8.56. The lowest BCUT2D eigenvalue weighted by Gasteiger charge is -2.18. The lowest BCUT2D eigenvalue weighted by molar-refractivity contribution is 0.161. The molecule has 1 atom stereocenters. The third kappa shape index (κ3) is 2.17. The molecule has 0 bridgehead atoms. The van der Waals surface area contributed by atoms with Gasteiger partial charge in [0.1, 0.15) is 12.1 Å². The van der Waals surface area contributed by atoms with Crippen molar-refractivity contribution in [3.05, 3.63) is 41.9 Å². The van der Waals surface area contributed by atoms with Crippen molar-refractivity contribution in [2.75, 3.05) is 5.32 Å². The molecule has 3 aromatic rings. The SMILES string of the molecule is Cn1ncc2c(Nc3ccc4c(c3)C(O)CC4(C)C)ncnc21. The molecule has 0 spiro atoms. The van der Waals surface area contributed by atoms with Crippen molar-refractivity contribution in [1.82, 2.24) is 19.7 Å². The monoisotopic (exact) mass is 309 g/mol. The Morgan fingerprint density at radius 1 is 1.30 bits per heavy atom. The molecular formula is C17H19N5O. The van der Waals surface area contributed by atoms with E-state index < -0.39 is 6.10 Å². The second kappa shape index (κ2) is 4.76. The molecule has 2 heterocycles. The predicted molar refractivity (Wildman–Crippen MR) is 88.6 cm³/mol. The highest BCUT2D eigenvalue weighted by atomic mass is 16.3. The molecule has 6 heteroatoms. The number of anilines is 2. The number of aliphatic hydroxyl groups is 1. The molecule has 0 saturated carbocycles. The lowest BCUT2D eigenvalue weighted by Crippen LogP contribution is -2.12. The Morgan fingerprint density at radius 2 is 2.13 bits per heavy atom. The molecule has 2 aromatic heterocycles. The smallest absolute Gasteiger partial charge is 0.163 e. The van der Waals surface area contributed by atoms with E-state index in [-0.39, 0.29) is 5.41 Å². The highest BCUT2D eigenvalue weighted by Gasteiger charge is 2.35. The Hall–Kier alpha value is -2.47. The van der Waals surface area contributed by atoms with Crippen molar-refractivity contribution in [1.29, 1.82) is 0 Å². The van der Waals surface area contributed by atoms with Crippen LogP contribution in [0.5, 0.6) is 0 Å². The van der Waals surface area contributed by atoms with Gasteiger partial charge in [0, 0.05) is 12.7 Å². The molecular weight excluding hydrogens is 290 g/mol. The van der Waals surface area contributed by atoms with Gasteiger partial charge in [0.15, 0.2) is 5.65 Å². The molecule has 1 aromatic carbocycles. The topological polar surface area (TPSA) is 75.9 Å². The molecule has 1 unspecified atom stereocenters. The highest BCUT2D eigenvalue weighted by Crippen LogP contribution is 2.45. The quantitative estimate of drug-likeness (QED) is 0.761. The molecule has 6 nitrogen and oxygen atoms in total. The standard InChI is InChI=1S/C17H19N5O/c1-17(2)7-14(23)11-6-10(4-5-13(11)17)21-15-12-8-20-22(3)16(12)19-9-18-15/h4-6,8-9,14,23H,7H2,1-3H3,(H,18,19,21). The summed E-state index contributed by atoms with van der Waals surface area (Å²) in [5, 5.41) is 18.7. The number of rotatable bonds is 2. The predicted octanol–water partition coefficient (Wildman–Crippen LogP) is 2.82. The van der Waals surface area contributed by atoms with E-state index in [9.17, 15) is 5.11 Å². The Kier molecular flexibility index (Phi) is 2.93. The number of nitrogens with zero attached hydrogens (tertiary/aromatic N) is 4. The molecule has 118 valence electrons. The van der Waals surface area contributed by atoms with Crippen LogP contribution in [0.2, 0.25) is 0 Å². The zero-order chi connectivity index (χ0) is 16.2. The average Bonchev–Trinajstić information content (AvgIpc) is 2.99.